The van der Waals surface area contributed by atoms with Crippen LogP contribution in [0.4, 0.5) is 0 Å². The monoisotopic (exact) mass is 342 g/mol. The lowest BCUT2D eigenvalue weighted by atomic mass is 10.1. The van der Waals surface area contributed by atoms with Crippen LogP contribution < -0.4 is 0 Å². The molecule has 94 valence electrons. The number of hydrogen-bond donors (Lipinski definition) is 1. The molecule has 0 unspecified atom stereocenters. The lowest BCUT2D eigenvalue weighted by Gasteiger charge is -2.12. The third kappa shape index (κ3) is 2.66. The van der Waals surface area contributed by atoms with Gasteiger partial charge in [0.25, 0.3) is 0 Å². The molecular formula is C13H12BrClN2S. The van der Waals surface area contributed by atoms with Gasteiger partial charge >= 0.3 is 0 Å². The van der Waals surface area contributed by atoms with Crippen LogP contribution in [0, 0.1) is 4.64 Å². The summed E-state index contributed by atoms with van der Waals surface area (Å²) in [6, 6.07) is 7.58. The van der Waals surface area contributed by atoms with Gasteiger partial charge in [0.1, 0.15) is 10.5 Å². The Labute approximate surface area is 125 Å². The van der Waals surface area contributed by atoms with E-state index in [1.54, 1.807) is 0 Å². The Morgan fingerprint density at radius 2 is 2.00 bits per heavy atom. The van der Waals surface area contributed by atoms with Gasteiger partial charge in [0.15, 0.2) is 0 Å². The molecule has 0 fully saturated rings. The molecule has 0 aliphatic heterocycles. The van der Waals surface area contributed by atoms with Crippen LogP contribution in [0.3, 0.4) is 0 Å². The van der Waals surface area contributed by atoms with Crippen molar-refractivity contribution < 1.29 is 0 Å². The molecule has 0 aliphatic carbocycles. The number of aromatic nitrogens is 2. The van der Waals surface area contributed by atoms with Crippen molar-refractivity contribution in [2.75, 3.05) is 0 Å². The van der Waals surface area contributed by atoms with Gasteiger partial charge in [-0.3, -0.25) is 0 Å². The van der Waals surface area contributed by atoms with E-state index in [-0.39, 0.29) is 0 Å². The summed E-state index contributed by atoms with van der Waals surface area (Å²) in [6.07, 6.45) is 0. The minimum Gasteiger partial charge on any atom is -0.342 e. The standard InChI is InChI=1S/C13H12BrClN2S/c1-7(2)11-10(14)13(18)17-12(16-11)8-5-3-4-6-9(8)15/h3-7H,1-2H3,(H,16,17,18). The summed E-state index contributed by atoms with van der Waals surface area (Å²) in [7, 11) is 0. The van der Waals surface area contributed by atoms with Gasteiger partial charge in [-0.15, -0.1) is 0 Å². The molecule has 1 aromatic heterocycles. The molecule has 1 heterocycles. The van der Waals surface area contributed by atoms with E-state index in [0.717, 1.165) is 15.7 Å². The van der Waals surface area contributed by atoms with Crippen LogP contribution >= 0.6 is 39.7 Å². The van der Waals surface area contributed by atoms with E-state index in [2.05, 4.69) is 39.7 Å². The molecule has 0 aliphatic rings. The van der Waals surface area contributed by atoms with Crippen molar-refractivity contribution in [3.63, 3.8) is 0 Å². The fourth-order valence-corrected chi connectivity index (χ4v) is 2.73. The molecule has 0 radical (unpaired) electrons. The van der Waals surface area contributed by atoms with E-state index in [1.807, 2.05) is 24.3 Å². The largest absolute Gasteiger partial charge is 0.342 e. The van der Waals surface area contributed by atoms with Crippen molar-refractivity contribution >= 4 is 39.7 Å². The molecule has 0 spiro atoms. The highest BCUT2D eigenvalue weighted by atomic mass is 79.9. The first-order valence-electron chi connectivity index (χ1n) is 5.55. The fraction of sp³-hybridized carbons (Fsp3) is 0.231. The predicted molar refractivity (Wildman–Crippen MR) is 81.7 cm³/mol. The predicted octanol–water partition coefficient (Wildman–Crippen LogP) is 5.35. The van der Waals surface area contributed by atoms with Crippen LogP contribution in [0.15, 0.2) is 28.7 Å². The van der Waals surface area contributed by atoms with Crippen molar-refractivity contribution in [1.82, 2.24) is 9.97 Å². The van der Waals surface area contributed by atoms with Crippen LogP contribution in [0.25, 0.3) is 11.4 Å². The van der Waals surface area contributed by atoms with Crippen molar-refractivity contribution in [2.45, 2.75) is 19.8 Å². The Kier molecular flexibility index (Phi) is 4.20. The summed E-state index contributed by atoms with van der Waals surface area (Å²) in [6.45, 7) is 4.20. The third-order valence-electron chi connectivity index (χ3n) is 2.60. The summed E-state index contributed by atoms with van der Waals surface area (Å²) in [5, 5.41) is 0.660. The zero-order chi connectivity index (χ0) is 13.3. The van der Waals surface area contributed by atoms with Gasteiger partial charge in [0.05, 0.1) is 9.50 Å². The summed E-state index contributed by atoms with van der Waals surface area (Å²) >= 11 is 14.9. The molecule has 2 rings (SSSR count). The van der Waals surface area contributed by atoms with Crippen LogP contribution in [0.1, 0.15) is 25.5 Å². The van der Waals surface area contributed by atoms with E-state index in [4.69, 9.17) is 23.8 Å². The molecule has 1 aromatic carbocycles. The highest BCUT2D eigenvalue weighted by molar-refractivity contribution is 9.10. The van der Waals surface area contributed by atoms with Gasteiger partial charge in [0, 0.05) is 11.3 Å². The second-order valence-electron chi connectivity index (χ2n) is 4.25. The molecule has 0 bridgehead atoms. The van der Waals surface area contributed by atoms with Gasteiger partial charge in [-0.2, -0.15) is 0 Å². The maximum atomic E-state index is 6.18. The topological polar surface area (TPSA) is 28.7 Å². The zero-order valence-corrected chi connectivity index (χ0v) is 13.2. The number of nitrogens with zero attached hydrogens (tertiary/aromatic N) is 1. The SMILES string of the molecule is CC(C)c1[nH]c(-c2ccccc2Cl)nc(=S)c1Br. The van der Waals surface area contributed by atoms with E-state index in [1.165, 1.54) is 0 Å². The Morgan fingerprint density at radius 1 is 1.33 bits per heavy atom. The van der Waals surface area contributed by atoms with Crippen LogP contribution in [0.5, 0.6) is 0 Å². The van der Waals surface area contributed by atoms with Gasteiger partial charge in [-0.05, 0) is 34.0 Å². The molecule has 2 nitrogen and oxygen atoms in total. The molecule has 18 heavy (non-hydrogen) atoms. The minimum absolute atomic E-state index is 0.324. The first-order chi connectivity index (χ1) is 8.50. The molecule has 0 atom stereocenters. The Bertz CT molecular complexity index is 637. The van der Waals surface area contributed by atoms with Crippen LogP contribution in [-0.2, 0) is 0 Å². The Hall–Kier alpha value is -0.710. The highest BCUT2D eigenvalue weighted by Crippen LogP contribution is 2.29. The normalized spacial score (nSPS) is 10.9. The smallest absolute Gasteiger partial charge is 0.144 e. The average molecular weight is 344 g/mol. The summed E-state index contributed by atoms with van der Waals surface area (Å²) in [4.78, 5) is 7.68. The molecule has 0 saturated carbocycles. The maximum absolute atomic E-state index is 6.18. The van der Waals surface area contributed by atoms with Gasteiger partial charge in [-0.25, -0.2) is 4.98 Å². The van der Waals surface area contributed by atoms with Gasteiger partial charge < -0.3 is 4.98 Å². The number of aromatic amines is 1. The number of halogens is 2. The Balaban J connectivity index is 2.67. The van der Waals surface area contributed by atoms with Crippen molar-refractivity contribution in [3.05, 3.63) is 44.1 Å². The summed E-state index contributed by atoms with van der Waals surface area (Å²) < 4.78 is 1.40. The quantitative estimate of drug-likeness (QED) is 0.745. The number of rotatable bonds is 2. The third-order valence-corrected chi connectivity index (χ3v) is 4.29. The molecule has 5 heteroatoms. The summed E-state index contributed by atoms with van der Waals surface area (Å²) in [5.74, 6) is 1.03. The van der Waals surface area contributed by atoms with Gasteiger partial charge in [0.2, 0.25) is 0 Å². The lowest BCUT2D eigenvalue weighted by molar-refractivity contribution is 0.807. The zero-order valence-electron chi connectivity index (χ0n) is 10.00. The lowest BCUT2D eigenvalue weighted by Crippen LogP contribution is -2.00. The first-order valence-corrected chi connectivity index (χ1v) is 7.13. The molecule has 0 amide bonds. The number of nitrogens with one attached hydrogen (secondary N) is 1. The van der Waals surface area contributed by atoms with Crippen molar-refractivity contribution in [2.24, 2.45) is 0 Å². The average Bonchev–Trinajstić information content (AvgIpc) is 2.33. The highest BCUT2D eigenvalue weighted by Gasteiger charge is 2.12. The van der Waals surface area contributed by atoms with Crippen LogP contribution in [-0.4, -0.2) is 9.97 Å². The number of benzene rings is 1. The minimum atomic E-state index is 0.324. The Morgan fingerprint density at radius 3 is 2.61 bits per heavy atom. The van der Waals surface area contributed by atoms with E-state index < -0.39 is 0 Å². The molecule has 1 N–H and O–H groups in total. The fourth-order valence-electron chi connectivity index (χ4n) is 1.65. The van der Waals surface area contributed by atoms with Crippen LogP contribution in [0.2, 0.25) is 5.02 Å². The van der Waals surface area contributed by atoms with Crippen molar-refractivity contribution in [3.8, 4) is 11.4 Å². The number of H-pyrrole nitrogens is 1. The maximum Gasteiger partial charge on any atom is 0.144 e. The molecular weight excluding hydrogens is 332 g/mol. The second kappa shape index (κ2) is 5.51. The van der Waals surface area contributed by atoms with E-state index in [9.17, 15) is 0 Å². The first kappa shape index (κ1) is 13.7. The molecule has 2 aromatic rings. The summed E-state index contributed by atoms with van der Waals surface area (Å²) in [5.41, 5.74) is 1.89. The second-order valence-corrected chi connectivity index (χ2v) is 5.84. The number of hydrogen-bond acceptors (Lipinski definition) is 2. The van der Waals surface area contributed by atoms with E-state index >= 15 is 0 Å². The van der Waals surface area contributed by atoms with Crippen molar-refractivity contribution in [1.29, 1.82) is 0 Å². The van der Waals surface area contributed by atoms with Gasteiger partial charge in [-0.1, -0.05) is 49.8 Å². The molecule has 0 saturated heterocycles. The van der Waals surface area contributed by atoms with E-state index in [0.29, 0.717) is 21.4 Å².